The summed E-state index contributed by atoms with van der Waals surface area (Å²) < 4.78 is 0. The third-order valence-electron chi connectivity index (χ3n) is 3.02. The number of aliphatic hydroxyl groups is 1. The standard InChI is InChI=1S/C14H12N6O2/c21-11(6-12(22)14-16-8-18-20-14)13-10(7-17-19-13)5-9-1-3-15-4-2-9/h1-4,6-8,22H,5H2,(H,17,19)(H,16,18,20). The Bertz CT molecular complexity index is 792. The van der Waals surface area contributed by atoms with Crippen molar-refractivity contribution in [2.45, 2.75) is 6.42 Å². The highest BCUT2D eigenvalue weighted by molar-refractivity contribution is 6.07. The van der Waals surface area contributed by atoms with Gasteiger partial charge >= 0.3 is 0 Å². The first-order valence-electron chi connectivity index (χ1n) is 6.46. The molecule has 0 saturated carbocycles. The van der Waals surface area contributed by atoms with E-state index in [2.05, 4.69) is 30.4 Å². The van der Waals surface area contributed by atoms with Crippen molar-refractivity contribution >= 4 is 11.5 Å². The molecule has 0 fully saturated rings. The smallest absolute Gasteiger partial charge is 0.215 e. The summed E-state index contributed by atoms with van der Waals surface area (Å²) in [4.78, 5) is 20.0. The van der Waals surface area contributed by atoms with Crippen molar-refractivity contribution in [1.82, 2.24) is 30.4 Å². The van der Waals surface area contributed by atoms with Crippen LogP contribution in [-0.4, -0.2) is 41.3 Å². The molecule has 0 aliphatic carbocycles. The van der Waals surface area contributed by atoms with Gasteiger partial charge in [0.25, 0.3) is 0 Å². The topological polar surface area (TPSA) is 120 Å². The molecule has 0 atom stereocenters. The molecule has 0 saturated heterocycles. The fourth-order valence-corrected chi connectivity index (χ4v) is 1.97. The molecule has 0 spiro atoms. The number of aliphatic hydroxyl groups excluding tert-OH is 1. The number of carbonyl (C=O) groups is 1. The summed E-state index contributed by atoms with van der Waals surface area (Å²) in [6.07, 6.45) is 7.88. The van der Waals surface area contributed by atoms with Crippen molar-refractivity contribution in [2.24, 2.45) is 0 Å². The number of hydrogen-bond acceptors (Lipinski definition) is 6. The molecule has 3 N–H and O–H groups in total. The normalized spacial score (nSPS) is 11.5. The van der Waals surface area contributed by atoms with Crippen LogP contribution in [0.4, 0.5) is 0 Å². The van der Waals surface area contributed by atoms with Crippen LogP contribution >= 0.6 is 0 Å². The second-order valence-corrected chi connectivity index (χ2v) is 4.52. The van der Waals surface area contributed by atoms with Gasteiger partial charge < -0.3 is 5.11 Å². The van der Waals surface area contributed by atoms with Gasteiger partial charge in [-0.15, -0.1) is 0 Å². The Morgan fingerprint density at radius 2 is 2.14 bits per heavy atom. The van der Waals surface area contributed by atoms with E-state index in [1.807, 2.05) is 12.1 Å². The van der Waals surface area contributed by atoms with E-state index in [1.165, 1.54) is 6.33 Å². The first kappa shape index (κ1) is 13.7. The minimum absolute atomic E-state index is 0.0588. The van der Waals surface area contributed by atoms with Gasteiger partial charge in [0.15, 0.2) is 5.76 Å². The van der Waals surface area contributed by atoms with E-state index in [-0.39, 0.29) is 11.6 Å². The Morgan fingerprint density at radius 1 is 1.32 bits per heavy atom. The monoisotopic (exact) mass is 296 g/mol. The average molecular weight is 296 g/mol. The predicted octanol–water partition coefficient (Wildman–Crippen LogP) is 1.30. The molecule has 110 valence electrons. The molecule has 0 aliphatic rings. The van der Waals surface area contributed by atoms with Crippen molar-refractivity contribution in [3.05, 3.63) is 65.8 Å². The second-order valence-electron chi connectivity index (χ2n) is 4.52. The van der Waals surface area contributed by atoms with E-state index in [9.17, 15) is 9.90 Å². The Morgan fingerprint density at radius 3 is 2.86 bits per heavy atom. The van der Waals surface area contributed by atoms with Crippen LogP contribution in [0.25, 0.3) is 5.76 Å². The van der Waals surface area contributed by atoms with Crippen molar-refractivity contribution in [2.75, 3.05) is 0 Å². The summed E-state index contributed by atoms with van der Waals surface area (Å²) in [6.45, 7) is 0. The largest absolute Gasteiger partial charge is 0.504 e. The first-order valence-corrected chi connectivity index (χ1v) is 6.46. The van der Waals surface area contributed by atoms with Gasteiger partial charge in [0.2, 0.25) is 11.6 Å². The fraction of sp³-hybridized carbons (Fsp3) is 0.0714. The van der Waals surface area contributed by atoms with Crippen molar-refractivity contribution in [3.63, 3.8) is 0 Å². The summed E-state index contributed by atoms with van der Waals surface area (Å²) in [5.74, 6) is -0.650. The number of allylic oxidation sites excluding steroid dienone is 1. The molecule has 3 aromatic heterocycles. The number of ketones is 1. The van der Waals surface area contributed by atoms with E-state index in [4.69, 9.17) is 0 Å². The van der Waals surface area contributed by atoms with E-state index >= 15 is 0 Å². The molecular weight excluding hydrogens is 284 g/mol. The molecule has 0 bridgehead atoms. The third kappa shape index (κ3) is 2.90. The minimum atomic E-state index is -0.399. The van der Waals surface area contributed by atoms with E-state index in [0.29, 0.717) is 12.1 Å². The van der Waals surface area contributed by atoms with Crippen molar-refractivity contribution < 1.29 is 9.90 Å². The molecule has 0 aliphatic heterocycles. The number of H-pyrrole nitrogens is 2. The maximum Gasteiger partial charge on any atom is 0.215 e. The van der Waals surface area contributed by atoms with Gasteiger partial charge in [-0.1, -0.05) is 0 Å². The van der Waals surface area contributed by atoms with E-state index in [1.54, 1.807) is 18.6 Å². The molecule has 0 amide bonds. The lowest BCUT2D eigenvalue weighted by Crippen LogP contribution is -2.02. The van der Waals surface area contributed by atoms with Gasteiger partial charge in [0, 0.05) is 30.5 Å². The Labute approximate surface area is 125 Å². The number of nitrogens with zero attached hydrogens (tertiary/aromatic N) is 4. The number of rotatable bonds is 5. The third-order valence-corrected chi connectivity index (χ3v) is 3.02. The van der Waals surface area contributed by atoms with Crippen molar-refractivity contribution in [3.8, 4) is 0 Å². The summed E-state index contributed by atoms with van der Waals surface area (Å²) in [5, 5.41) is 22.5. The maximum absolute atomic E-state index is 12.2. The van der Waals surface area contributed by atoms with Crippen LogP contribution in [0.1, 0.15) is 27.4 Å². The zero-order chi connectivity index (χ0) is 15.4. The number of pyridine rings is 1. The fourth-order valence-electron chi connectivity index (χ4n) is 1.97. The summed E-state index contributed by atoms with van der Waals surface area (Å²) >= 11 is 0. The number of carbonyl (C=O) groups excluding carboxylic acids is 1. The second kappa shape index (κ2) is 6.00. The van der Waals surface area contributed by atoms with Crippen LogP contribution in [0.5, 0.6) is 0 Å². The Kier molecular flexibility index (Phi) is 3.73. The Balaban J connectivity index is 1.82. The van der Waals surface area contributed by atoms with Crippen LogP contribution < -0.4 is 0 Å². The quantitative estimate of drug-likeness (QED) is 0.371. The van der Waals surface area contributed by atoms with E-state index in [0.717, 1.165) is 17.2 Å². The van der Waals surface area contributed by atoms with Crippen LogP contribution in [0.2, 0.25) is 0 Å². The lowest BCUT2D eigenvalue weighted by molar-refractivity contribution is 0.104. The molecule has 3 heterocycles. The SMILES string of the molecule is O=C(C=C(O)c1nc[nH]n1)c1[nH]ncc1Cc1ccncc1. The molecule has 3 aromatic rings. The number of aromatic nitrogens is 6. The highest BCUT2D eigenvalue weighted by Crippen LogP contribution is 2.14. The minimum Gasteiger partial charge on any atom is -0.504 e. The molecule has 22 heavy (non-hydrogen) atoms. The van der Waals surface area contributed by atoms with Crippen LogP contribution in [0.3, 0.4) is 0 Å². The number of nitrogens with one attached hydrogen (secondary N) is 2. The molecule has 8 nitrogen and oxygen atoms in total. The van der Waals surface area contributed by atoms with Crippen molar-refractivity contribution in [1.29, 1.82) is 0 Å². The Hall–Kier alpha value is -3.29. The zero-order valence-corrected chi connectivity index (χ0v) is 11.4. The molecule has 3 rings (SSSR count). The molecule has 8 heteroatoms. The average Bonchev–Trinajstić information content (AvgIpc) is 3.19. The van der Waals surface area contributed by atoms with Gasteiger partial charge in [-0.05, 0) is 17.7 Å². The van der Waals surface area contributed by atoms with Crippen LogP contribution in [0.15, 0.2) is 43.1 Å². The van der Waals surface area contributed by atoms with Gasteiger partial charge in [-0.3, -0.25) is 20.0 Å². The summed E-state index contributed by atoms with van der Waals surface area (Å²) in [6, 6.07) is 3.73. The number of hydrogen-bond donors (Lipinski definition) is 3. The van der Waals surface area contributed by atoms with Gasteiger partial charge in [-0.2, -0.15) is 10.2 Å². The molecular formula is C14H12N6O2. The van der Waals surface area contributed by atoms with Crippen LogP contribution in [-0.2, 0) is 6.42 Å². The summed E-state index contributed by atoms with van der Waals surface area (Å²) in [7, 11) is 0. The van der Waals surface area contributed by atoms with Gasteiger partial charge in [0.05, 0.1) is 6.20 Å². The highest BCUT2D eigenvalue weighted by Gasteiger charge is 2.14. The lowest BCUT2D eigenvalue weighted by atomic mass is 10.0. The molecule has 0 aromatic carbocycles. The molecule has 0 unspecified atom stereocenters. The van der Waals surface area contributed by atoms with Gasteiger partial charge in [0.1, 0.15) is 12.0 Å². The maximum atomic E-state index is 12.2. The van der Waals surface area contributed by atoms with E-state index < -0.39 is 5.78 Å². The van der Waals surface area contributed by atoms with Crippen LogP contribution in [0, 0.1) is 0 Å². The molecule has 0 radical (unpaired) electrons. The van der Waals surface area contributed by atoms with Gasteiger partial charge in [-0.25, -0.2) is 4.98 Å². The number of aromatic amines is 2. The zero-order valence-electron chi connectivity index (χ0n) is 11.4. The predicted molar refractivity (Wildman–Crippen MR) is 76.9 cm³/mol. The highest BCUT2D eigenvalue weighted by atomic mass is 16.3. The lowest BCUT2D eigenvalue weighted by Gasteiger charge is -2.01. The summed E-state index contributed by atoms with van der Waals surface area (Å²) in [5.41, 5.74) is 2.06. The first-order chi connectivity index (χ1) is 10.7.